The van der Waals surface area contributed by atoms with E-state index in [-0.39, 0.29) is 5.56 Å². The number of aromatic nitrogens is 6. The van der Waals surface area contributed by atoms with E-state index in [1.54, 1.807) is 36.7 Å². The predicted molar refractivity (Wildman–Crippen MR) is 123 cm³/mol. The van der Waals surface area contributed by atoms with Gasteiger partial charge in [0, 0.05) is 38.4 Å². The molecule has 9 nitrogen and oxygen atoms in total. The first-order valence-electron chi connectivity index (χ1n) is 11.2. The molecule has 0 bridgehead atoms. The first-order chi connectivity index (χ1) is 16.7. The average molecular weight is 456 g/mol. The number of carbonyl (C=O) groups is 1. The van der Waals surface area contributed by atoms with Crippen LogP contribution in [0.5, 0.6) is 0 Å². The molecule has 6 rings (SSSR count). The number of rotatable bonds is 4. The summed E-state index contributed by atoms with van der Waals surface area (Å²) in [5, 5.41) is 11.2. The number of hydrogen-bond acceptors (Lipinski definition) is 7. The van der Waals surface area contributed by atoms with E-state index in [1.807, 2.05) is 15.5 Å². The minimum Gasteiger partial charge on any atom is -0.336 e. The van der Waals surface area contributed by atoms with E-state index in [1.165, 1.54) is 6.07 Å². The number of nitrogens with one attached hydrogen (secondary N) is 1. The number of fused-ring (bicyclic) bond motifs is 2. The van der Waals surface area contributed by atoms with Crippen molar-refractivity contribution in [1.29, 1.82) is 0 Å². The van der Waals surface area contributed by atoms with Crippen molar-refractivity contribution in [1.82, 2.24) is 29.7 Å². The standard InChI is InChI=1S/C24H21FN8O/c25-18-13-15-7-11-32(24-26-8-3-9-27-24)14-16(15)12-17(18)23(34)29-20-5-1-4-19(28-20)22-31-30-21-6-2-10-33(21)22/h1,3-5,8-9,12-13H,2,6-7,10-11,14H2,(H,28,29,34). The molecule has 3 aromatic heterocycles. The van der Waals surface area contributed by atoms with Crippen molar-refractivity contribution in [3.8, 4) is 11.5 Å². The first kappa shape index (κ1) is 20.4. The highest BCUT2D eigenvalue weighted by Gasteiger charge is 2.23. The summed E-state index contributed by atoms with van der Waals surface area (Å²) >= 11 is 0. The highest BCUT2D eigenvalue weighted by molar-refractivity contribution is 6.04. The van der Waals surface area contributed by atoms with Gasteiger partial charge in [-0.1, -0.05) is 6.07 Å². The van der Waals surface area contributed by atoms with Gasteiger partial charge >= 0.3 is 0 Å². The summed E-state index contributed by atoms with van der Waals surface area (Å²) in [6, 6.07) is 10.1. The zero-order chi connectivity index (χ0) is 23.1. The van der Waals surface area contributed by atoms with Crippen molar-refractivity contribution in [2.24, 2.45) is 0 Å². The molecule has 0 radical (unpaired) electrons. The summed E-state index contributed by atoms with van der Waals surface area (Å²) in [7, 11) is 0. The summed E-state index contributed by atoms with van der Waals surface area (Å²) < 4.78 is 16.9. The van der Waals surface area contributed by atoms with Gasteiger partial charge < -0.3 is 14.8 Å². The maximum atomic E-state index is 14.9. The lowest BCUT2D eigenvalue weighted by Crippen LogP contribution is -2.32. The lowest BCUT2D eigenvalue weighted by molar-refractivity contribution is 0.102. The minimum absolute atomic E-state index is 0.0230. The molecule has 0 saturated heterocycles. The van der Waals surface area contributed by atoms with Gasteiger partial charge in [-0.05, 0) is 54.3 Å². The van der Waals surface area contributed by atoms with Crippen LogP contribution in [0, 0.1) is 5.82 Å². The molecule has 0 fully saturated rings. The summed E-state index contributed by atoms with van der Waals surface area (Å²) in [4.78, 5) is 28.1. The Hall–Kier alpha value is -4.21. The number of pyridine rings is 1. The zero-order valence-corrected chi connectivity index (χ0v) is 18.3. The van der Waals surface area contributed by atoms with Crippen LogP contribution in [-0.2, 0) is 25.9 Å². The Labute approximate surface area is 194 Å². The van der Waals surface area contributed by atoms with E-state index in [0.29, 0.717) is 42.8 Å². The molecule has 2 aliphatic rings. The van der Waals surface area contributed by atoms with Gasteiger partial charge in [0.05, 0.1) is 5.56 Å². The molecule has 4 aromatic rings. The summed E-state index contributed by atoms with van der Waals surface area (Å²) in [6.07, 6.45) is 5.96. The normalized spacial score (nSPS) is 14.6. The largest absolute Gasteiger partial charge is 0.336 e. The maximum Gasteiger partial charge on any atom is 0.259 e. The highest BCUT2D eigenvalue weighted by Crippen LogP contribution is 2.26. The van der Waals surface area contributed by atoms with Gasteiger partial charge in [0.1, 0.15) is 23.2 Å². The van der Waals surface area contributed by atoms with E-state index < -0.39 is 11.7 Å². The van der Waals surface area contributed by atoms with Crippen molar-refractivity contribution in [2.45, 2.75) is 32.4 Å². The summed E-state index contributed by atoms with van der Waals surface area (Å²) in [5.74, 6) is 1.46. The monoisotopic (exact) mass is 456 g/mol. The van der Waals surface area contributed by atoms with E-state index in [0.717, 1.165) is 36.3 Å². The molecular weight excluding hydrogens is 435 g/mol. The number of benzene rings is 1. The van der Waals surface area contributed by atoms with Crippen LogP contribution in [0.2, 0.25) is 0 Å². The van der Waals surface area contributed by atoms with Crippen LogP contribution >= 0.6 is 0 Å². The molecule has 34 heavy (non-hydrogen) atoms. The quantitative estimate of drug-likeness (QED) is 0.504. The number of aryl methyl sites for hydroxylation is 1. The van der Waals surface area contributed by atoms with Crippen LogP contribution in [-0.4, -0.2) is 42.2 Å². The van der Waals surface area contributed by atoms with Crippen molar-refractivity contribution in [2.75, 3.05) is 16.8 Å². The highest BCUT2D eigenvalue weighted by atomic mass is 19.1. The number of nitrogens with zero attached hydrogens (tertiary/aromatic N) is 7. The second kappa shape index (κ2) is 8.29. The van der Waals surface area contributed by atoms with Crippen LogP contribution in [0.25, 0.3) is 11.5 Å². The van der Waals surface area contributed by atoms with Gasteiger partial charge in [-0.3, -0.25) is 4.79 Å². The van der Waals surface area contributed by atoms with Gasteiger partial charge in [-0.2, -0.15) is 0 Å². The molecule has 0 saturated carbocycles. The number of halogens is 1. The predicted octanol–water partition coefficient (Wildman–Crippen LogP) is 3.03. The molecule has 10 heteroatoms. The molecular formula is C24H21FN8O. The Morgan fingerprint density at radius 3 is 2.76 bits per heavy atom. The number of carbonyl (C=O) groups excluding carboxylic acids is 1. The van der Waals surface area contributed by atoms with Crippen molar-refractivity contribution in [3.63, 3.8) is 0 Å². The van der Waals surface area contributed by atoms with Gasteiger partial charge in [0.2, 0.25) is 5.95 Å². The fourth-order valence-corrected chi connectivity index (χ4v) is 4.53. The van der Waals surface area contributed by atoms with Crippen molar-refractivity contribution < 1.29 is 9.18 Å². The smallest absolute Gasteiger partial charge is 0.259 e. The fraction of sp³-hybridized carbons (Fsp3) is 0.250. The van der Waals surface area contributed by atoms with E-state index in [2.05, 4.69) is 30.5 Å². The lowest BCUT2D eigenvalue weighted by atomic mass is 9.96. The fourth-order valence-electron chi connectivity index (χ4n) is 4.53. The van der Waals surface area contributed by atoms with E-state index >= 15 is 0 Å². The molecule has 1 aromatic carbocycles. The van der Waals surface area contributed by atoms with Gasteiger partial charge in [0.25, 0.3) is 5.91 Å². The third-order valence-electron chi connectivity index (χ3n) is 6.21. The van der Waals surface area contributed by atoms with Gasteiger partial charge in [-0.15, -0.1) is 10.2 Å². The average Bonchev–Trinajstić information content (AvgIpc) is 3.48. The number of amides is 1. The van der Waals surface area contributed by atoms with Crippen LogP contribution in [0.3, 0.4) is 0 Å². The van der Waals surface area contributed by atoms with Gasteiger partial charge in [0.15, 0.2) is 5.82 Å². The third kappa shape index (κ3) is 3.66. The topological polar surface area (TPSA) is 102 Å². The summed E-state index contributed by atoms with van der Waals surface area (Å²) in [5.41, 5.74) is 2.36. The molecule has 0 aliphatic carbocycles. The van der Waals surface area contributed by atoms with Crippen molar-refractivity contribution >= 4 is 17.7 Å². The second-order valence-electron chi connectivity index (χ2n) is 8.38. The Kier molecular flexibility index (Phi) is 4.97. The molecule has 0 spiro atoms. The molecule has 1 N–H and O–H groups in total. The van der Waals surface area contributed by atoms with Gasteiger partial charge in [-0.25, -0.2) is 19.3 Å². The lowest BCUT2D eigenvalue weighted by Gasteiger charge is -2.29. The van der Waals surface area contributed by atoms with Crippen molar-refractivity contribution in [3.05, 3.63) is 77.1 Å². The first-order valence-corrected chi connectivity index (χ1v) is 11.2. The van der Waals surface area contributed by atoms with E-state index in [9.17, 15) is 9.18 Å². The third-order valence-corrected chi connectivity index (χ3v) is 6.21. The van der Waals surface area contributed by atoms with E-state index in [4.69, 9.17) is 0 Å². The van der Waals surface area contributed by atoms with Crippen LogP contribution < -0.4 is 10.2 Å². The molecule has 1 amide bonds. The number of hydrogen-bond donors (Lipinski definition) is 1. The second-order valence-corrected chi connectivity index (χ2v) is 8.38. The summed E-state index contributed by atoms with van der Waals surface area (Å²) in [6.45, 7) is 2.04. The Morgan fingerprint density at radius 1 is 1.00 bits per heavy atom. The molecule has 2 aliphatic heterocycles. The Bertz CT molecular complexity index is 1390. The zero-order valence-electron chi connectivity index (χ0n) is 18.3. The van der Waals surface area contributed by atoms with Crippen LogP contribution in [0.4, 0.5) is 16.2 Å². The molecule has 170 valence electrons. The Balaban J connectivity index is 1.24. The minimum atomic E-state index is -0.551. The van der Waals surface area contributed by atoms with Crippen LogP contribution in [0.15, 0.2) is 48.8 Å². The molecule has 0 unspecified atom stereocenters. The number of anilines is 2. The Morgan fingerprint density at radius 2 is 1.88 bits per heavy atom. The maximum absolute atomic E-state index is 14.9. The molecule has 0 atom stereocenters. The SMILES string of the molecule is O=C(Nc1cccc(-c2nnc3n2CCC3)n1)c1cc2c(cc1F)CCN(c1ncccn1)C2. The molecule has 5 heterocycles. The van der Waals surface area contributed by atoms with Crippen LogP contribution in [0.1, 0.15) is 33.7 Å².